The Balaban J connectivity index is 0.00000192. The number of aromatic nitrogens is 2. The number of nitrogens with two attached hydrogens (primary N) is 1. The Kier molecular flexibility index (Phi) is 6.19. The van der Waals surface area contributed by atoms with Crippen LogP contribution in [0.25, 0.3) is 5.69 Å². The second-order valence-electron chi connectivity index (χ2n) is 5.86. The smallest absolute Gasteiger partial charge is 0.222 e. The Bertz CT molecular complexity index is 629. The van der Waals surface area contributed by atoms with Crippen LogP contribution in [0.3, 0.4) is 0 Å². The number of likely N-dealkylation sites (tertiary alicyclic amines) is 1. The summed E-state index contributed by atoms with van der Waals surface area (Å²) in [5, 5.41) is 4.36. The van der Waals surface area contributed by atoms with E-state index < -0.39 is 0 Å². The summed E-state index contributed by atoms with van der Waals surface area (Å²) in [5.74, 6) is 0.702. The topological polar surface area (TPSA) is 64.2 Å². The van der Waals surface area contributed by atoms with Crippen LogP contribution in [0.4, 0.5) is 0 Å². The molecule has 1 aromatic carbocycles. The molecule has 6 heteroatoms. The molecule has 0 saturated carbocycles. The third-order valence-electron chi connectivity index (χ3n) is 4.26. The highest BCUT2D eigenvalue weighted by Crippen LogP contribution is 2.16. The number of amides is 1. The minimum Gasteiger partial charge on any atom is -0.342 e. The molecule has 1 unspecified atom stereocenters. The van der Waals surface area contributed by atoms with Crippen LogP contribution in [0, 0.1) is 5.92 Å². The van der Waals surface area contributed by atoms with Crippen molar-refractivity contribution in [2.75, 3.05) is 19.6 Å². The number of para-hydroxylation sites is 1. The zero-order valence-electron chi connectivity index (χ0n) is 13.1. The van der Waals surface area contributed by atoms with Crippen LogP contribution in [0.2, 0.25) is 0 Å². The number of nitrogens with zero attached hydrogens (tertiary/aromatic N) is 3. The summed E-state index contributed by atoms with van der Waals surface area (Å²) >= 11 is 0. The first-order chi connectivity index (χ1) is 10.8. The predicted molar refractivity (Wildman–Crippen MR) is 92.9 cm³/mol. The lowest BCUT2D eigenvalue weighted by Gasteiger charge is -2.15. The van der Waals surface area contributed by atoms with Gasteiger partial charge in [-0.25, -0.2) is 4.68 Å². The van der Waals surface area contributed by atoms with Crippen LogP contribution in [-0.4, -0.2) is 40.2 Å². The molecule has 1 fully saturated rings. The Morgan fingerprint density at radius 3 is 2.78 bits per heavy atom. The quantitative estimate of drug-likeness (QED) is 0.910. The van der Waals surface area contributed by atoms with E-state index in [1.165, 1.54) is 0 Å². The van der Waals surface area contributed by atoms with E-state index in [1.807, 2.05) is 52.3 Å². The number of aryl methyl sites for hydroxylation is 1. The van der Waals surface area contributed by atoms with Crippen molar-refractivity contribution in [2.45, 2.75) is 19.3 Å². The number of benzene rings is 1. The molecule has 0 radical (unpaired) electrons. The standard InChI is InChI=1S/C17H22N4O.ClH/c18-10-14-8-9-20(12-14)17(22)7-6-15-11-19-21(13-15)16-4-2-1-3-5-16;/h1-5,11,13-14H,6-10,12,18H2;1H. The summed E-state index contributed by atoms with van der Waals surface area (Å²) < 4.78 is 1.85. The molecule has 3 rings (SSSR count). The normalized spacial score (nSPS) is 17.1. The van der Waals surface area contributed by atoms with E-state index in [4.69, 9.17) is 5.73 Å². The Hall–Kier alpha value is -1.85. The number of hydrogen-bond acceptors (Lipinski definition) is 3. The lowest BCUT2D eigenvalue weighted by molar-refractivity contribution is -0.130. The molecule has 5 nitrogen and oxygen atoms in total. The van der Waals surface area contributed by atoms with E-state index in [-0.39, 0.29) is 18.3 Å². The maximum absolute atomic E-state index is 12.2. The molecule has 1 aliphatic rings. The minimum absolute atomic E-state index is 0. The van der Waals surface area contributed by atoms with Gasteiger partial charge in [0.15, 0.2) is 0 Å². The van der Waals surface area contributed by atoms with Crippen LogP contribution >= 0.6 is 12.4 Å². The van der Waals surface area contributed by atoms with Gasteiger partial charge in [-0.3, -0.25) is 4.79 Å². The highest BCUT2D eigenvalue weighted by Gasteiger charge is 2.24. The number of rotatable bonds is 5. The van der Waals surface area contributed by atoms with Crippen molar-refractivity contribution in [3.05, 3.63) is 48.3 Å². The Morgan fingerprint density at radius 2 is 2.09 bits per heavy atom. The third-order valence-corrected chi connectivity index (χ3v) is 4.26. The number of carbonyl (C=O) groups excluding carboxylic acids is 1. The fourth-order valence-corrected chi connectivity index (χ4v) is 2.87. The largest absolute Gasteiger partial charge is 0.342 e. The second-order valence-corrected chi connectivity index (χ2v) is 5.86. The molecule has 0 spiro atoms. The summed E-state index contributed by atoms with van der Waals surface area (Å²) in [5.41, 5.74) is 7.79. The second kappa shape index (κ2) is 8.13. The average Bonchev–Trinajstić information content (AvgIpc) is 3.22. The van der Waals surface area contributed by atoms with Gasteiger partial charge in [-0.05, 0) is 43.0 Å². The summed E-state index contributed by atoms with van der Waals surface area (Å²) in [6.07, 6.45) is 6.14. The molecule has 2 N–H and O–H groups in total. The van der Waals surface area contributed by atoms with Crippen molar-refractivity contribution in [1.29, 1.82) is 0 Å². The molecule has 1 amide bonds. The minimum atomic E-state index is 0. The van der Waals surface area contributed by atoms with Gasteiger partial charge in [0.25, 0.3) is 0 Å². The Morgan fingerprint density at radius 1 is 1.30 bits per heavy atom. The molecule has 1 saturated heterocycles. The number of carbonyl (C=O) groups is 1. The summed E-state index contributed by atoms with van der Waals surface area (Å²) in [6, 6.07) is 9.98. The van der Waals surface area contributed by atoms with Crippen LogP contribution in [0.5, 0.6) is 0 Å². The van der Waals surface area contributed by atoms with E-state index in [0.717, 1.165) is 37.2 Å². The molecule has 2 heterocycles. The monoisotopic (exact) mass is 334 g/mol. The van der Waals surface area contributed by atoms with Crippen molar-refractivity contribution in [3.63, 3.8) is 0 Å². The van der Waals surface area contributed by atoms with Crippen LogP contribution in [0.15, 0.2) is 42.7 Å². The number of halogens is 1. The average molecular weight is 335 g/mol. The van der Waals surface area contributed by atoms with Crippen LogP contribution in [0.1, 0.15) is 18.4 Å². The summed E-state index contributed by atoms with van der Waals surface area (Å²) in [6.45, 7) is 2.34. The lowest BCUT2D eigenvalue weighted by atomic mass is 10.1. The van der Waals surface area contributed by atoms with E-state index in [1.54, 1.807) is 0 Å². The fraction of sp³-hybridized carbons (Fsp3) is 0.412. The van der Waals surface area contributed by atoms with Crippen LogP contribution in [-0.2, 0) is 11.2 Å². The number of hydrogen-bond donors (Lipinski definition) is 1. The molecular weight excluding hydrogens is 312 g/mol. The molecule has 2 aromatic rings. The molecule has 0 aliphatic carbocycles. The van der Waals surface area contributed by atoms with Gasteiger partial charge >= 0.3 is 0 Å². The zero-order chi connectivity index (χ0) is 15.4. The van der Waals surface area contributed by atoms with Gasteiger partial charge in [-0.1, -0.05) is 18.2 Å². The predicted octanol–water partition coefficient (Wildman–Crippen LogP) is 2.03. The van der Waals surface area contributed by atoms with Crippen molar-refractivity contribution in [3.8, 4) is 5.69 Å². The van der Waals surface area contributed by atoms with Crippen LogP contribution < -0.4 is 5.73 Å². The SMILES string of the molecule is Cl.NCC1CCN(C(=O)CCc2cnn(-c3ccccc3)c2)C1. The first kappa shape index (κ1) is 17.5. The van der Waals surface area contributed by atoms with Gasteiger partial charge < -0.3 is 10.6 Å². The summed E-state index contributed by atoms with van der Waals surface area (Å²) in [4.78, 5) is 14.2. The maximum Gasteiger partial charge on any atom is 0.222 e. The van der Waals surface area contributed by atoms with Gasteiger partial charge in [0.05, 0.1) is 11.9 Å². The molecule has 1 aromatic heterocycles. The molecule has 1 atom stereocenters. The van der Waals surface area contributed by atoms with Gasteiger partial charge in [0, 0.05) is 25.7 Å². The molecule has 23 heavy (non-hydrogen) atoms. The van der Waals surface area contributed by atoms with Gasteiger partial charge in [-0.15, -0.1) is 12.4 Å². The van der Waals surface area contributed by atoms with E-state index in [9.17, 15) is 4.79 Å². The highest BCUT2D eigenvalue weighted by atomic mass is 35.5. The van der Waals surface area contributed by atoms with Crippen molar-refractivity contribution < 1.29 is 4.79 Å². The first-order valence-electron chi connectivity index (χ1n) is 7.83. The fourth-order valence-electron chi connectivity index (χ4n) is 2.87. The van der Waals surface area contributed by atoms with Gasteiger partial charge in [-0.2, -0.15) is 5.10 Å². The van der Waals surface area contributed by atoms with E-state index >= 15 is 0 Å². The Labute approximate surface area is 142 Å². The first-order valence-corrected chi connectivity index (χ1v) is 7.83. The summed E-state index contributed by atoms with van der Waals surface area (Å²) in [7, 11) is 0. The van der Waals surface area contributed by atoms with Crippen molar-refractivity contribution >= 4 is 18.3 Å². The molecule has 1 aliphatic heterocycles. The van der Waals surface area contributed by atoms with Gasteiger partial charge in [0.1, 0.15) is 0 Å². The maximum atomic E-state index is 12.2. The van der Waals surface area contributed by atoms with Gasteiger partial charge in [0.2, 0.25) is 5.91 Å². The molecule has 0 bridgehead atoms. The van der Waals surface area contributed by atoms with Crippen molar-refractivity contribution in [1.82, 2.24) is 14.7 Å². The zero-order valence-corrected chi connectivity index (χ0v) is 13.9. The third kappa shape index (κ3) is 4.33. The highest BCUT2D eigenvalue weighted by molar-refractivity contribution is 5.85. The van der Waals surface area contributed by atoms with E-state index in [0.29, 0.717) is 18.9 Å². The molecule has 124 valence electrons. The molecular formula is C17H23ClN4O. The van der Waals surface area contributed by atoms with Crippen molar-refractivity contribution in [2.24, 2.45) is 11.7 Å². The van der Waals surface area contributed by atoms with E-state index in [2.05, 4.69) is 5.10 Å². The lowest BCUT2D eigenvalue weighted by Crippen LogP contribution is -2.29.